The van der Waals surface area contributed by atoms with Crippen LogP contribution in [0.3, 0.4) is 0 Å². The third-order valence-electron chi connectivity index (χ3n) is 2.18. The van der Waals surface area contributed by atoms with Crippen LogP contribution in [0.1, 0.15) is 15.9 Å². The van der Waals surface area contributed by atoms with Crippen molar-refractivity contribution in [2.24, 2.45) is 5.73 Å². The second-order valence-corrected chi connectivity index (χ2v) is 3.34. The summed E-state index contributed by atoms with van der Waals surface area (Å²) in [6, 6.07) is 3.72. The molecule has 0 amide bonds. The molecule has 86 valence electrons. The Bertz CT molecular complexity index is 403. The number of hydrogen-bond acceptors (Lipinski definition) is 5. The molecule has 0 heterocycles. The Labute approximate surface area is 92.8 Å². The Morgan fingerprint density at radius 2 is 2.31 bits per heavy atom. The first-order chi connectivity index (χ1) is 7.58. The van der Waals surface area contributed by atoms with Crippen LogP contribution >= 0.6 is 0 Å². The van der Waals surface area contributed by atoms with Gasteiger partial charge >= 0.3 is 5.97 Å². The lowest BCUT2D eigenvalue weighted by Crippen LogP contribution is -2.33. The second-order valence-electron chi connectivity index (χ2n) is 3.34. The predicted octanol–water partition coefficient (Wildman–Crippen LogP) is 0.247. The van der Waals surface area contributed by atoms with Crippen LogP contribution in [0.15, 0.2) is 18.2 Å². The van der Waals surface area contributed by atoms with Crippen LogP contribution in [-0.2, 0) is 16.0 Å². The van der Waals surface area contributed by atoms with Crippen LogP contribution in [-0.4, -0.2) is 30.5 Å². The molecule has 0 bridgehead atoms. The fourth-order valence-electron chi connectivity index (χ4n) is 1.31. The zero-order valence-corrected chi connectivity index (χ0v) is 8.84. The number of benzene rings is 1. The van der Waals surface area contributed by atoms with Gasteiger partial charge in [-0.25, -0.2) is 0 Å². The molecule has 5 nitrogen and oxygen atoms in total. The number of ether oxygens (including phenoxy) is 1. The van der Waals surface area contributed by atoms with E-state index in [1.165, 1.54) is 19.2 Å². The van der Waals surface area contributed by atoms with E-state index in [1.807, 2.05) is 0 Å². The molecule has 0 saturated heterocycles. The summed E-state index contributed by atoms with van der Waals surface area (Å²) in [4.78, 5) is 21.6. The fourth-order valence-corrected chi connectivity index (χ4v) is 1.31. The Morgan fingerprint density at radius 1 is 1.62 bits per heavy atom. The van der Waals surface area contributed by atoms with E-state index in [0.29, 0.717) is 11.8 Å². The molecule has 1 atom stereocenters. The molecule has 0 fully saturated rings. The van der Waals surface area contributed by atoms with Crippen LogP contribution < -0.4 is 5.73 Å². The van der Waals surface area contributed by atoms with E-state index in [1.54, 1.807) is 6.07 Å². The first-order valence-corrected chi connectivity index (χ1v) is 4.69. The van der Waals surface area contributed by atoms with Gasteiger partial charge in [0.2, 0.25) is 0 Å². The van der Waals surface area contributed by atoms with E-state index in [0.717, 1.165) is 0 Å². The van der Waals surface area contributed by atoms with Gasteiger partial charge in [-0.05, 0) is 24.1 Å². The number of nitrogens with two attached hydrogens (primary N) is 1. The molecule has 0 radical (unpaired) electrons. The monoisotopic (exact) mass is 223 g/mol. The number of carbonyl (C=O) groups is 2. The molecule has 16 heavy (non-hydrogen) atoms. The van der Waals surface area contributed by atoms with E-state index < -0.39 is 12.0 Å². The summed E-state index contributed by atoms with van der Waals surface area (Å²) in [7, 11) is 1.26. The molecule has 0 spiro atoms. The fraction of sp³-hybridized carbons (Fsp3) is 0.273. The van der Waals surface area contributed by atoms with Gasteiger partial charge in [0.05, 0.1) is 12.7 Å². The minimum atomic E-state index is -0.769. The Hall–Kier alpha value is -1.88. The highest BCUT2D eigenvalue weighted by atomic mass is 16.5. The van der Waals surface area contributed by atoms with Crippen LogP contribution in [0.5, 0.6) is 5.75 Å². The van der Waals surface area contributed by atoms with Gasteiger partial charge in [0.15, 0.2) is 6.29 Å². The maximum atomic E-state index is 11.1. The van der Waals surface area contributed by atoms with Gasteiger partial charge < -0.3 is 15.6 Å². The highest BCUT2D eigenvalue weighted by Crippen LogP contribution is 2.17. The molecule has 1 aromatic carbocycles. The molecule has 0 unspecified atom stereocenters. The lowest BCUT2D eigenvalue weighted by molar-refractivity contribution is -0.142. The van der Waals surface area contributed by atoms with Crippen LogP contribution in [0.2, 0.25) is 0 Å². The standard InChI is InChI=1S/C11H13NO4/c1-16-11(15)9(12)5-7-2-3-10(14)8(4-7)6-13/h2-4,6,9,14H,5,12H2,1H3/t9-/m1/s1. The summed E-state index contributed by atoms with van der Waals surface area (Å²) in [5.74, 6) is -0.605. The van der Waals surface area contributed by atoms with Crippen LogP contribution in [0.4, 0.5) is 0 Å². The van der Waals surface area contributed by atoms with Crippen LogP contribution in [0, 0.1) is 0 Å². The molecule has 0 aliphatic carbocycles. The number of hydrogen-bond donors (Lipinski definition) is 2. The average molecular weight is 223 g/mol. The maximum Gasteiger partial charge on any atom is 0.322 e. The summed E-state index contributed by atoms with van der Waals surface area (Å²) < 4.78 is 4.48. The molecule has 5 heteroatoms. The van der Waals surface area contributed by atoms with E-state index in [2.05, 4.69) is 4.74 Å². The van der Waals surface area contributed by atoms with E-state index >= 15 is 0 Å². The molecule has 0 aliphatic heterocycles. The van der Waals surface area contributed by atoms with Gasteiger partial charge in [0.1, 0.15) is 11.8 Å². The lowest BCUT2D eigenvalue weighted by Gasteiger charge is -2.09. The second kappa shape index (κ2) is 5.27. The van der Waals surface area contributed by atoms with Crippen molar-refractivity contribution in [2.75, 3.05) is 7.11 Å². The van der Waals surface area contributed by atoms with Crippen molar-refractivity contribution < 1.29 is 19.4 Å². The van der Waals surface area contributed by atoms with Gasteiger partial charge in [0, 0.05) is 0 Å². The number of phenolic OH excluding ortho intramolecular Hbond substituents is 1. The van der Waals surface area contributed by atoms with E-state index in [9.17, 15) is 14.7 Å². The van der Waals surface area contributed by atoms with Crippen molar-refractivity contribution in [2.45, 2.75) is 12.5 Å². The molecule has 1 aromatic rings. The van der Waals surface area contributed by atoms with Gasteiger partial charge in [0.25, 0.3) is 0 Å². The van der Waals surface area contributed by atoms with Crippen molar-refractivity contribution in [3.63, 3.8) is 0 Å². The highest BCUT2D eigenvalue weighted by molar-refractivity contribution is 5.80. The average Bonchev–Trinajstić information content (AvgIpc) is 2.30. The normalized spacial score (nSPS) is 11.9. The molecule has 3 N–H and O–H groups in total. The van der Waals surface area contributed by atoms with Crippen molar-refractivity contribution in [1.82, 2.24) is 0 Å². The number of aromatic hydroxyl groups is 1. The summed E-state index contributed by atoms with van der Waals surface area (Å²) >= 11 is 0. The number of phenols is 1. The zero-order chi connectivity index (χ0) is 12.1. The van der Waals surface area contributed by atoms with E-state index in [4.69, 9.17) is 5.73 Å². The molecule has 0 saturated carbocycles. The van der Waals surface area contributed by atoms with Crippen molar-refractivity contribution in [1.29, 1.82) is 0 Å². The number of esters is 1. The maximum absolute atomic E-state index is 11.1. The molecule has 0 aromatic heterocycles. The topological polar surface area (TPSA) is 89.6 Å². The molecule has 1 rings (SSSR count). The Morgan fingerprint density at radius 3 is 2.88 bits per heavy atom. The SMILES string of the molecule is COC(=O)[C@H](N)Cc1ccc(O)c(C=O)c1. The minimum Gasteiger partial charge on any atom is -0.507 e. The summed E-state index contributed by atoms with van der Waals surface area (Å²) in [5, 5.41) is 9.27. The Kier molecular flexibility index (Phi) is 4.02. The van der Waals surface area contributed by atoms with Gasteiger partial charge in [-0.2, -0.15) is 0 Å². The first-order valence-electron chi connectivity index (χ1n) is 4.69. The van der Waals surface area contributed by atoms with Crippen molar-refractivity contribution >= 4 is 12.3 Å². The van der Waals surface area contributed by atoms with E-state index in [-0.39, 0.29) is 17.7 Å². The largest absolute Gasteiger partial charge is 0.507 e. The lowest BCUT2D eigenvalue weighted by atomic mass is 10.0. The summed E-state index contributed by atoms with van der Waals surface area (Å²) in [6.45, 7) is 0. The van der Waals surface area contributed by atoms with Gasteiger partial charge in [-0.3, -0.25) is 9.59 Å². The number of rotatable bonds is 4. The van der Waals surface area contributed by atoms with Gasteiger partial charge in [-0.1, -0.05) is 6.07 Å². The van der Waals surface area contributed by atoms with Crippen LogP contribution in [0.25, 0.3) is 0 Å². The number of methoxy groups -OCH3 is 1. The molecular weight excluding hydrogens is 210 g/mol. The number of aldehydes is 1. The smallest absolute Gasteiger partial charge is 0.322 e. The third-order valence-corrected chi connectivity index (χ3v) is 2.18. The third kappa shape index (κ3) is 2.80. The van der Waals surface area contributed by atoms with Gasteiger partial charge in [-0.15, -0.1) is 0 Å². The summed E-state index contributed by atoms with van der Waals surface area (Å²) in [6.07, 6.45) is 0.802. The molecule has 0 aliphatic rings. The zero-order valence-electron chi connectivity index (χ0n) is 8.84. The molecular formula is C11H13NO4. The minimum absolute atomic E-state index is 0.0922. The highest BCUT2D eigenvalue weighted by Gasteiger charge is 2.14. The quantitative estimate of drug-likeness (QED) is 0.564. The predicted molar refractivity (Wildman–Crippen MR) is 57.2 cm³/mol. The Balaban J connectivity index is 2.82. The van der Waals surface area contributed by atoms with Crippen molar-refractivity contribution in [3.8, 4) is 5.75 Å². The first kappa shape index (κ1) is 12.2. The van der Waals surface area contributed by atoms with Crippen molar-refractivity contribution in [3.05, 3.63) is 29.3 Å². The number of carbonyl (C=O) groups excluding carboxylic acids is 2. The summed E-state index contributed by atoms with van der Waals surface area (Å²) in [5.41, 5.74) is 6.43.